The molecular weight excluding hydrogens is 144 g/mol. The molecule has 2 bridgehead atoms. The molecule has 0 aromatic heterocycles. The Morgan fingerprint density at radius 3 is 2.42 bits per heavy atom. The van der Waals surface area contributed by atoms with Crippen molar-refractivity contribution in [1.29, 1.82) is 0 Å². The van der Waals surface area contributed by atoms with Crippen LogP contribution in [0.3, 0.4) is 0 Å². The Kier molecular flexibility index (Phi) is 1.54. The van der Waals surface area contributed by atoms with Crippen LogP contribution in [0.4, 0.5) is 0 Å². The zero-order chi connectivity index (χ0) is 8.02. The molecule has 0 nitrogen and oxygen atoms in total. The van der Waals surface area contributed by atoms with E-state index >= 15 is 0 Å². The normalized spacial score (nSPS) is 52.0. The highest BCUT2D eigenvalue weighted by Crippen LogP contribution is 2.58. The van der Waals surface area contributed by atoms with Crippen LogP contribution in [0, 0.1) is 17.3 Å². The molecule has 0 amide bonds. The Morgan fingerprint density at radius 1 is 0.750 bits per heavy atom. The van der Waals surface area contributed by atoms with E-state index in [2.05, 4.69) is 0 Å². The molecule has 0 heterocycles. The smallest absolute Gasteiger partial charge is 0.0269 e. The van der Waals surface area contributed by atoms with Gasteiger partial charge in [0.2, 0.25) is 0 Å². The van der Waals surface area contributed by atoms with Gasteiger partial charge in [-0.1, -0.05) is 12.8 Å². The average molecular weight is 164 g/mol. The number of rotatable bonds is 0. The Morgan fingerprint density at radius 2 is 1.58 bits per heavy atom. The van der Waals surface area contributed by atoms with Crippen molar-refractivity contribution in [3.63, 3.8) is 0 Å². The SMILES string of the molecule is C1CC2CCC3CCC2(C1)CC3. The molecule has 0 saturated heterocycles. The third-order valence-corrected chi connectivity index (χ3v) is 5.12. The zero-order valence-electron chi connectivity index (χ0n) is 8.02. The van der Waals surface area contributed by atoms with E-state index < -0.39 is 0 Å². The van der Waals surface area contributed by atoms with Crippen LogP contribution in [-0.2, 0) is 0 Å². The van der Waals surface area contributed by atoms with Gasteiger partial charge in [0.25, 0.3) is 0 Å². The third-order valence-electron chi connectivity index (χ3n) is 5.12. The molecular formula is C12H20. The Balaban J connectivity index is 1.92. The molecule has 4 fully saturated rings. The third kappa shape index (κ3) is 0.900. The van der Waals surface area contributed by atoms with Gasteiger partial charge in [0.05, 0.1) is 0 Å². The first-order valence-electron chi connectivity index (χ1n) is 5.89. The Hall–Kier alpha value is 0. The molecule has 0 heteroatoms. The number of hydrogen-bond donors (Lipinski definition) is 0. The average Bonchev–Trinajstić information content (AvgIpc) is 2.32. The lowest BCUT2D eigenvalue weighted by Crippen LogP contribution is -2.26. The molecule has 0 aromatic rings. The van der Waals surface area contributed by atoms with E-state index in [1.807, 2.05) is 0 Å². The van der Waals surface area contributed by atoms with Gasteiger partial charge < -0.3 is 0 Å². The quantitative estimate of drug-likeness (QED) is 0.511. The second-order valence-corrected chi connectivity index (χ2v) is 5.47. The maximum Gasteiger partial charge on any atom is -0.0269 e. The molecule has 1 atom stereocenters. The standard InChI is InChI=1S/C12H20/c1-2-11-4-3-10-5-8-12(11,7-1)9-6-10/h10-11H,1-9H2. The predicted molar refractivity (Wildman–Crippen MR) is 51.0 cm³/mol. The summed E-state index contributed by atoms with van der Waals surface area (Å²) >= 11 is 0. The lowest BCUT2D eigenvalue weighted by molar-refractivity contribution is 0.135. The minimum absolute atomic E-state index is 0.882. The van der Waals surface area contributed by atoms with Crippen LogP contribution in [-0.4, -0.2) is 0 Å². The van der Waals surface area contributed by atoms with Crippen molar-refractivity contribution in [2.24, 2.45) is 17.3 Å². The van der Waals surface area contributed by atoms with E-state index in [-0.39, 0.29) is 0 Å². The summed E-state index contributed by atoms with van der Waals surface area (Å²) < 4.78 is 0. The van der Waals surface area contributed by atoms with Crippen molar-refractivity contribution < 1.29 is 0 Å². The first kappa shape index (κ1) is 7.41. The summed E-state index contributed by atoms with van der Waals surface area (Å²) in [5.41, 5.74) is 0.882. The van der Waals surface area contributed by atoms with E-state index in [1.165, 1.54) is 0 Å². The van der Waals surface area contributed by atoms with Crippen LogP contribution in [0.15, 0.2) is 0 Å². The van der Waals surface area contributed by atoms with Crippen molar-refractivity contribution >= 4 is 0 Å². The molecule has 12 heavy (non-hydrogen) atoms. The highest BCUT2D eigenvalue weighted by molar-refractivity contribution is 4.97. The summed E-state index contributed by atoms with van der Waals surface area (Å²) in [6.07, 6.45) is 14.2. The first-order valence-corrected chi connectivity index (χ1v) is 5.89. The predicted octanol–water partition coefficient (Wildman–Crippen LogP) is 3.76. The van der Waals surface area contributed by atoms with Crippen molar-refractivity contribution in [3.8, 4) is 0 Å². The van der Waals surface area contributed by atoms with Gasteiger partial charge in [-0.25, -0.2) is 0 Å². The van der Waals surface area contributed by atoms with E-state index in [9.17, 15) is 0 Å². The largest absolute Gasteiger partial charge is 0.0525 e. The zero-order valence-corrected chi connectivity index (χ0v) is 8.02. The van der Waals surface area contributed by atoms with Crippen LogP contribution in [0.2, 0.25) is 0 Å². The molecule has 4 saturated carbocycles. The van der Waals surface area contributed by atoms with Crippen LogP contribution in [0.5, 0.6) is 0 Å². The van der Waals surface area contributed by atoms with E-state index in [0.717, 1.165) is 17.3 Å². The van der Waals surface area contributed by atoms with Crippen molar-refractivity contribution in [1.82, 2.24) is 0 Å². The van der Waals surface area contributed by atoms with Crippen LogP contribution < -0.4 is 0 Å². The van der Waals surface area contributed by atoms with Crippen molar-refractivity contribution in [2.75, 3.05) is 0 Å². The molecule has 4 aliphatic carbocycles. The summed E-state index contributed by atoms with van der Waals surface area (Å²) in [6.45, 7) is 0. The second-order valence-electron chi connectivity index (χ2n) is 5.47. The van der Waals surface area contributed by atoms with Gasteiger partial charge in [0.1, 0.15) is 0 Å². The van der Waals surface area contributed by atoms with Crippen LogP contribution in [0.1, 0.15) is 57.8 Å². The van der Waals surface area contributed by atoms with Gasteiger partial charge >= 0.3 is 0 Å². The Labute approximate surface area is 75.7 Å². The van der Waals surface area contributed by atoms with Gasteiger partial charge in [0.15, 0.2) is 0 Å². The molecule has 0 radical (unpaired) electrons. The number of fused-ring (bicyclic) bond motifs is 3. The molecule has 1 unspecified atom stereocenters. The Bertz CT molecular complexity index is 172. The topological polar surface area (TPSA) is 0 Å². The first-order chi connectivity index (χ1) is 5.89. The van der Waals surface area contributed by atoms with E-state index in [4.69, 9.17) is 0 Å². The van der Waals surface area contributed by atoms with Gasteiger partial charge in [-0.15, -0.1) is 0 Å². The fraction of sp³-hybridized carbons (Fsp3) is 1.00. The summed E-state index contributed by atoms with van der Waals surface area (Å²) in [6, 6.07) is 0. The van der Waals surface area contributed by atoms with Crippen molar-refractivity contribution in [3.05, 3.63) is 0 Å². The molecule has 1 spiro atoms. The van der Waals surface area contributed by atoms with Gasteiger partial charge in [-0.2, -0.15) is 0 Å². The second kappa shape index (κ2) is 2.49. The molecule has 68 valence electrons. The molecule has 0 aromatic carbocycles. The molecule has 4 rings (SSSR count). The van der Waals surface area contributed by atoms with E-state index in [1.54, 1.807) is 57.8 Å². The van der Waals surface area contributed by atoms with Crippen molar-refractivity contribution in [2.45, 2.75) is 57.8 Å². The lowest BCUT2D eigenvalue weighted by Gasteiger charge is -2.37. The summed E-state index contributed by atoms with van der Waals surface area (Å²) in [5, 5.41) is 0. The maximum atomic E-state index is 1.60. The van der Waals surface area contributed by atoms with Gasteiger partial charge in [0, 0.05) is 0 Å². The maximum absolute atomic E-state index is 1.60. The monoisotopic (exact) mass is 164 g/mol. The summed E-state index contributed by atoms with van der Waals surface area (Å²) in [7, 11) is 0. The highest BCUT2D eigenvalue weighted by atomic mass is 14.5. The van der Waals surface area contributed by atoms with Gasteiger partial charge in [-0.3, -0.25) is 0 Å². The lowest BCUT2D eigenvalue weighted by atomic mass is 9.68. The molecule has 4 aliphatic rings. The fourth-order valence-electron chi connectivity index (χ4n) is 4.30. The van der Waals surface area contributed by atoms with E-state index in [0.29, 0.717) is 0 Å². The minimum atomic E-state index is 0.882. The summed E-state index contributed by atoms with van der Waals surface area (Å²) in [4.78, 5) is 0. The van der Waals surface area contributed by atoms with Crippen LogP contribution in [0.25, 0.3) is 0 Å². The number of hydrogen-bond acceptors (Lipinski definition) is 0. The van der Waals surface area contributed by atoms with Gasteiger partial charge in [-0.05, 0) is 62.2 Å². The highest BCUT2D eigenvalue weighted by Gasteiger charge is 2.46. The molecule has 0 aliphatic heterocycles. The molecule has 0 N–H and O–H groups in total. The minimum Gasteiger partial charge on any atom is -0.0525 e. The summed E-state index contributed by atoms with van der Waals surface area (Å²) in [5.74, 6) is 2.30. The fourth-order valence-corrected chi connectivity index (χ4v) is 4.30. The van der Waals surface area contributed by atoms with Crippen LogP contribution >= 0.6 is 0 Å².